The van der Waals surface area contributed by atoms with Gasteiger partial charge in [-0.2, -0.15) is 5.10 Å². The molecule has 0 unspecified atom stereocenters. The van der Waals surface area contributed by atoms with Crippen molar-refractivity contribution < 1.29 is 0 Å². The molecule has 0 aliphatic carbocycles. The average Bonchev–Trinajstić information content (AvgIpc) is 3.20. The Labute approximate surface area is 161 Å². The predicted molar refractivity (Wildman–Crippen MR) is 107 cm³/mol. The quantitative estimate of drug-likeness (QED) is 0.676. The minimum Gasteiger partial charge on any atom is -0.297 e. The molecule has 4 rings (SSSR count). The van der Waals surface area contributed by atoms with Gasteiger partial charge in [-0.1, -0.05) is 30.3 Å². The van der Waals surface area contributed by atoms with Gasteiger partial charge in [0.05, 0.1) is 12.2 Å². The lowest BCUT2D eigenvalue weighted by Crippen LogP contribution is -2.45. The molecule has 0 spiro atoms. The first-order valence-electron chi connectivity index (χ1n) is 9.67. The number of aromatic nitrogens is 3. The van der Waals surface area contributed by atoms with Crippen molar-refractivity contribution in [1.82, 2.24) is 24.6 Å². The Hall–Kier alpha value is -2.50. The van der Waals surface area contributed by atoms with Crippen LogP contribution in [0.25, 0.3) is 0 Å². The standard InChI is InChI=1S/C22H27N5/c1-19-4-2-9-23-22(19)18-26-14-12-25(13-15-26)16-20-5-7-21(8-6-20)17-27-11-3-10-24-27/h2-11H,12-18H2,1H3. The van der Waals surface area contributed by atoms with Gasteiger partial charge in [-0.05, 0) is 35.7 Å². The van der Waals surface area contributed by atoms with E-state index in [1.807, 2.05) is 35.4 Å². The van der Waals surface area contributed by atoms with Crippen LogP contribution in [0.2, 0.25) is 0 Å². The Balaban J connectivity index is 1.26. The summed E-state index contributed by atoms with van der Waals surface area (Å²) >= 11 is 0. The van der Waals surface area contributed by atoms with Crippen LogP contribution >= 0.6 is 0 Å². The number of pyridine rings is 1. The molecule has 140 valence electrons. The fourth-order valence-electron chi connectivity index (χ4n) is 3.59. The lowest BCUT2D eigenvalue weighted by molar-refractivity contribution is 0.121. The summed E-state index contributed by atoms with van der Waals surface area (Å²) in [6.45, 7) is 9.40. The summed E-state index contributed by atoms with van der Waals surface area (Å²) < 4.78 is 1.96. The van der Waals surface area contributed by atoms with E-state index in [4.69, 9.17) is 0 Å². The molecular weight excluding hydrogens is 334 g/mol. The van der Waals surface area contributed by atoms with Crippen molar-refractivity contribution in [2.75, 3.05) is 26.2 Å². The molecule has 27 heavy (non-hydrogen) atoms. The second kappa shape index (κ2) is 8.46. The third kappa shape index (κ3) is 4.81. The third-order valence-corrected chi connectivity index (χ3v) is 5.29. The molecule has 3 heterocycles. The molecule has 0 saturated carbocycles. The molecule has 0 amide bonds. The topological polar surface area (TPSA) is 37.2 Å². The maximum absolute atomic E-state index is 4.53. The molecule has 1 aliphatic rings. The first-order chi connectivity index (χ1) is 13.3. The van der Waals surface area contributed by atoms with Gasteiger partial charge in [-0.25, -0.2) is 0 Å². The van der Waals surface area contributed by atoms with Crippen molar-refractivity contribution in [3.63, 3.8) is 0 Å². The summed E-state index contributed by atoms with van der Waals surface area (Å²) in [5.74, 6) is 0. The monoisotopic (exact) mass is 361 g/mol. The number of rotatable bonds is 6. The predicted octanol–water partition coefficient (Wildman–Crippen LogP) is 2.95. The maximum Gasteiger partial charge on any atom is 0.0659 e. The van der Waals surface area contributed by atoms with E-state index in [0.717, 1.165) is 45.8 Å². The Morgan fingerprint density at radius 2 is 1.44 bits per heavy atom. The van der Waals surface area contributed by atoms with Gasteiger partial charge in [0.1, 0.15) is 0 Å². The Morgan fingerprint density at radius 3 is 2.07 bits per heavy atom. The molecule has 1 saturated heterocycles. The SMILES string of the molecule is Cc1cccnc1CN1CCN(Cc2ccc(Cn3cccn3)cc2)CC1. The second-order valence-corrected chi connectivity index (χ2v) is 7.34. The van der Waals surface area contributed by atoms with Gasteiger partial charge in [0, 0.05) is 57.9 Å². The molecule has 0 atom stereocenters. The van der Waals surface area contributed by atoms with Crippen LogP contribution in [0.1, 0.15) is 22.4 Å². The summed E-state index contributed by atoms with van der Waals surface area (Å²) in [6, 6.07) is 15.1. The molecule has 0 radical (unpaired) electrons. The number of benzene rings is 1. The van der Waals surface area contributed by atoms with E-state index in [0.29, 0.717) is 0 Å². The highest BCUT2D eigenvalue weighted by Gasteiger charge is 2.18. The maximum atomic E-state index is 4.53. The molecule has 5 nitrogen and oxygen atoms in total. The molecule has 0 N–H and O–H groups in total. The van der Waals surface area contributed by atoms with Crippen molar-refractivity contribution in [1.29, 1.82) is 0 Å². The lowest BCUT2D eigenvalue weighted by atomic mass is 10.1. The summed E-state index contributed by atoms with van der Waals surface area (Å²) in [6.07, 6.45) is 5.72. The van der Waals surface area contributed by atoms with E-state index >= 15 is 0 Å². The Bertz CT molecular complexity index is 833. The molecule has 0 bridgehead atoms. The van der Waals surface area contributed by atoms with Crippen LogP contribution in [0.3, 0.4) is 0 Å². The minimum absolute atomic E-state index is 0.832. The van der Waals surface area contributed by atoms with Gasteiger partial charge >= 0.3 is 0 Å². The number of hydrogen-bond acceptors (Lipinski definition) is 4. The minimum atomic E-state index is 0.832. The Kier molecular flexibility index (Phi) is 5.61. The zero-order valence-electron chi connectivity index (χ0n) is 16.0. The first-order valence-corrected chi connectivity index (χ1v) is 9.67. The van der Waals surface area contributed by atoms with Gasteiger partial charge in [0.15, 0.2) is 0 Å². The van der Waals surface area contributed by atoms with E-state index in [2.05, 4.69) is 57.1 Å². The summed E-state index contributed by atoms with van der Waals surface area (Å²) in [5.41, 5.74) is 5.17. The van der Waals surface area contributed by atoms with Crippen molar-refractivity contribution >= 4 is 0 Å². The van der Waals surface area contributed by atoms with Crippen LogP contribution in [0.4, 0.5) is 0 Å². The number of piperazine rings is 1. The van der Waals surface area contributed by atoms with Crippen molar-refractivity contribution in [3.8, 4) is 0 Å². The molecule has 3 aromatic rings. The lowest BCUT2D eigenvalue weighted by Gasteiger charge is -2.34. The Morgan fingerprint density at radius 1 is 0.778 bits per heavy atom. The fraction of sp³-hybridized carbons (Fsp3) is 0.364. The fourth-order valence-corrected chi connectivity index (χ4v) is 3.59. The summed E-state index contributed by atoms with van der Waals surface area (Å²) in [5, 5.41) is 4.27. The summed E-state index contributed by atoms with van der Waals surface area (Å²) in [7, 11) is 0. The molecule has 1 fully saturated rings. The normalized spacial score (nSPS) is 15.9. The zero-order valence-corrected chi connectivity index (χ0v) is 16.0. The smallest absolute Gasteiger partial charge is 0.0659 e. The zero-order chi connectivity index (χ0) is 18.5. The molecule has 1 aliphatic heterocycles. The van der Waals surface area contributed by atoms with E-state index in [1.165, 1.54) is 22.4 Å². The van der Waals surface area contributed by atoms with Crippen LogP contribution in [-0.2, 0) is 19.6 Å². The highest BCUT2D eigenvalue weighted by molar-refractivity contribution is 5.23. The highest BCUT2D eigenvalue weighted by Crippen LogP contribution is 2.13. The average molecular weight is 361 g/mol. The van der Waals surface area contributed by atoms with Crippen LogP contribution in [0.15, 0.2) is 61.1 Å². The van der Waals surface area contributed by atoms with Gasteiger partial charge in [0.25, 0.3) is 0 Å². The summed E-state index contributed by atoms with van der Waals surface area (Å²) in [4.78, 5) is 9.59. The van der Waals surface area contributed by atoms with Crippen LogP contribution in [0, 0.1) is 6.92 Å². The molecule has 2 aromatic heterocycles. The van der Waals surface area contributed by atoms with Crippen LogP contribution in [0.5, 0.6) is 0 Å². The molecule has 1 aromatic carbocycles. The van der Waals surface area contributed by atoms with Crippen molar-refractivity contribution in [2.45, 2.75) is 26.6 Å². The van der Waals surface area contributed by atoms with Gasteiger partial charge in [-0.3, -0.25) is 19.5 Å². The van der Waals surface area contributed by atoms with Crippen LogP contribution in [-0.4, -0.2) is 50.7 Å². The first kappa shape index (κ1) is 17.9. The van der Waals surface area contributed by atoms with Crippen LogP contribution < -0.4 is 0 Å². The largest absolute Gasteiger partial charge is 0.297 e. The van der Waals surface area contributed by atoms with Crippen molar-refractivity contribution in [2.24, 2.45) is 0 Å². The van der Waals surface area contributed by atoms with Gasteiger partial charge in [-0.15, -0.1) is 0 Å². The number of nitrogens with zero attached hydrogens (tertiary/aromatic N) is 5. The van der Waals surface area contributed by atoms with E-state index in [9.17, 15) is 0 Å². The van der Waals surface area contributed by atoms with Gasteiger partial charge in [0.2, 0.25) is 0 Å². The highest BCUT2D eigenvalue weighted by atomic mass is 15.3. The van der Waals surface area contributed by atoms with Gasteiger partial charge < -0.3 is 0 Å². The van der Waals surface area contributed by atoms with E-state index in [-0.39, 0.29) is 0 Å². The molecular formula is C22H27N5. The number of hydrogen-bond donors (Lipinski definition) is 0. The van der Waals surface area contributed by atoms with Crippen molar-refractivity contribution in [3.05, 3.63) is 83.4 Å². The van der Waals surface area contributed by atoms with E-state index in [1.54, 1.807) is 0 Å². The molecule has 5 heteroatoms. The number of aryl methyl sites for hydroxylation is 1. The van der Waals surface area contributed by atoms with E-state index < -0.39 is 0 Å². The second-order valence-electron chi connectivity index (χ2n) is 7.34. The third-order valence-electron chi connectivity index (χ3n) is 5.29.